The summed E-state index contributed by atoms with van der Waals surface area (Å²) in [5.74, 6) is -0.438. The van der Waals surface area contributed by atoms with Crippen LogP contribution in [-0.2, 0) is 5.60 Å². The summed E-state index contributed by atoms with van der Waals surface area (Å²) < 4.78 is 38.9. The van der Waals surface area contributed by atoms with Crippen LogP contribution in [0.1, 0.15) is 36.7 Å². The van der Waals surface area contributed by atoms with Gasteiger partial charge in [0.2, 0.25) is 0 Å². The van der Waals surface area contributed by atoms with Gasteiger partial charge in [0.05, 0.1) is 10.7 Å². The molecule has 0 aliphatic heterocycles. The van der Waals surface area contributed by atoms with Crippen molar-refractivity contribution in [3.05, 3.63) is 63.6 Å². The number of nitrogens with zero attached hydrogens (tertiary/aromatic N) is 1. The Bertz CT molecular complexity index is 834. The summed E-state index contributed by atoms with van der Waals surface area (Å²) in [7, 11) is 0. The molecule has 3 nitrogen and oxygen atoms in total. The van der Waals surface area contributed by atoms with E-state index in [1.54, 1.807) is 26.0 Å². The van der Waals surface area contributed by atoms with Crippen LogP contribution in [0.15, 0.2) is 42.5 Å². The van der Waals surface area contributed by atoms with Gasteiger partial charge in [-0.2, -0.15) is 13.2 Å². The van der Waals surface area contributed by atoms with E-state index in [1.807, 2.05) is 0 Å². The fraction of sp³-hybridized carbons (Fsp3) is 0.316. The van der Waals surface area contributed by atoms with Crippen molar-refractivity contribution in [1.82, 2.24) is 0 Å². The highest BCUT2D eigenvalue weighted by atomic mass is 35.5. The molecule has 1 unspecified atom stereocenters. The lowest BCUT2D eigenvalue weighted by Gasteiger charge is -2.29. The summed E-state index contributed by atoms with van der Waals surface area (Å²) >= 11 is 12.1. The summed E-state index contributed by atoms with van der Waals surface area (Å²) in [5.41, 5.74) is -2.76. The van der Waals surface area contributed by atoms with Crippen LogP contribution in [0.25, 0.3) is 0 Å². The predicted molar refractivity (Wildman–Crippen MR) is 100 cm³/mol. The summed E-state index contributed by atoms with van der Waals surface area (Å²) in [6.45, 7) is 4.23. The van der Waals surface area contributed by atoms with Crippen molar-refractivity contribution in [3.8, 4) is 0 Å². The highest BCUT2D eigenvalue weighted by Gasteiger charge is 2.51. The van der Waals surface area contributed by atoms with Gasteiger partial charge >= 0.3 is 6.18 Å². The number of carbonyl (C=O) groups is 1. The van der Waals surface area contributed by atoms with Gasteiger partial charge in [0.25, 0.3) is 5.91 Å². The second-order valence-electron chi connectivity index (χ2n) is 6.51. The van der Waals surface area contributed by atoms with Crippen molar-refractivity contribution in [3.63, 3.8) is 0 Å². The average molecular weight is 420 g/mol. The van der Waals surface area contributed by atoms with Crippen LogP contribution in [0.2, 0.25) is 10.0 Å². The minimum absolute atomic E-state index is 0.163. The summed E-state index contributed by atoms with van der Waals surface area (Å²) in [4.78, 5) is 14.4. The van der Waals surface area contributed by atoms with Gasteiger partial charge in [-0.15, -0.1) is 0 Å². The van der Waals surface area contributed by atoms with Crippen molar-refractivity contribution in [2.75, 3.05) is 4.90 Å². The Morgan fingerprint density at radius 3 is 2.07 bits per heavy atom. The smallest absolute Gasteiger partial charge is 0.376 e. The lowest BCUT2D eigenvalue weighted by Crippen LogP contribution is -2.39. The molecule has 0 aliphatic carbocycles. The first-order chi connectivity index (χ1) is 12.4. The maximum atomic E-state index is 13.0. The second kappa shape index (κ2) is 7.70. The van der Waals surface area contributed by atoms with Crippen LogP contribution >= 0.6 is 23.2 Å². The van der Waals surface area contributed by atoms with Gasteiger partial charge in [-0.05, 0) is 56.7 Å². The van der Waals surface area contributed by atoms with Gasteiger partial charge in [0, 0.05) is 16.6 Å². The molecular weight excluding hydrogens is 402 g/mol. The molecular formula is C19H18Cl2F3NO2. The molecule has 8 heteroatoms. The number of halogens is 5. The molecule has 1 N–H and O–H groups in total. The van der Waals surface area contributed by atoms with Crippen LogP contribution in [0.3, 0.4) is 0 Å². The fourth-order valence-electron chi connectivity index (χ4n) is 2.54. The highest BCUT2D eigenvalue weighted by molar-refractivity contribution is 6.37. The Kier molecular flexibility index (Phi) is 6.14. The average Bonchev–Trinajstić information content (AvgIpc) is 2.55. The minimum atomic E-state index is -4.83. The van der Waals surface area contributed by atoms with Crippen molar-refractivity contribution < 1.29 is 23.1 Å². The number of aliphatic hydroxyl groups is 1. The molecule has 0 radical (unpaired) electrons. The molecule has 0 fully saturated rings. The van der Waals surface area contributed by atoms with Crippen molar-refractivity contribution >= 4 is 34.8 Å². The fourth-order valence-corrected chi connectivity index (χ4v) is 3.04. The molecule has 0 saturated heterocycles. The maximum Gasteiger partial charge on any atom is 0.421 e. The van der Waals surface area contributed by atoms with Gasteiger partial charge in [-0.1, -0.05) is 35.3 Å². The second-order valence-corrected chi connectivity index (χ2v) is 7.36. The van der Waals surface area contributed by atoms with Crippen LogP contribution in [0.4, 0.5) is 18.9 Å². The van der Waals surface area contributed by atoms with E-state index >= 15 is 0 Å². The zero-order valence-electron chi connectivity index (χ0n) is 14.8. The van der Waals surface area contributed by atoms with Gasteiger partial charge in [0.1, 0.15) is 0 Å². The molecule has 0 bridgehead atoms. The molecule has 1 amide bonds. The molecule has 2 aromatic carbocycles. The quantitative estimate of drug-likeness (QED) is 0.678. The summed E-state index contributed by atoms with van der Waals surface area (Å²) in [6, 6.07) is 9.10. The van der Waals surface area contributed by atoms with E-state index in [9.17, 15) is 23.1 Å². The van der Waals surface area contributed by atoms with Crippen LogP contribution in [0.5, 0.6) is 0 Å². The van der Waals surface area contributed by atoms with E-state index in [1.165, 1.54) is 23.1 Å². The molecule has 0 heterocycles. The van der Waals surface area contributed by atoms with Gasteiger partial charge < -0.3 is 10.0 Å². The number of carbonyl (C=O) groups excluding carboxylic acids is 1. The van der Waals surface area contributed by atoms with E-state index in [0.29, 0.717) is 17.6 Å². The Labute approximate surface area is 165 Å². The first-order valence-electron chi connectivity index (χ1n) is 8.04. The topological polar surface area (TPSA) is 40.5 Å². The van der Waals surface area contributed by atoms with Gasteiger partial charge in [-0.3, -0.25) is 4.79 Å². The molecule has 146 valence electrons. The first-order valence-corrected chi connectivity index (χ1v) is 8.80. The monoisotopic (exact) mass is 419 g/mol. The number of hydrogen-bond donors (Lipinski definition) is 1. The zero-order chi connectivity index (χ0) is 20.6. The molecule has 0 saturated carbocycles. The van der Waals surface area contributed by atoms with Crippen molar-refractivity contribution in [2.45, 2.75) is 38.6 Å². The van der Waals surface area contributed by atoms with Crippen LogP contribution in [-0.4, -0.2) is 23.2 Å². The Balaban J connectivity index is 2.40. The largest absolute Gasteiger partial charge is 0.421 e. The first kappa shape index (κ1) is 21.5. The molecule has 27 heavy (non-hydrogen) atoms. The highest BCUT2D eigenvalue weighted by Crippen LogP contribution is 2.38. The number of hydrogen-bond acceptors (Lipinski definition) is 2. The lowest BCUT2D eigenvalue weighted by atomic mass is 9.94. The number of anilines is 1. The summed E-state index contributed by atoms with van der Waals surface area (Å²) in [5, 5.41) is 10.4. The standard InChI is InChI=1S/C19H18Cl2F3NO2/c1-11(2)25(16-9-8-14(20)10-15(16)21)17(26)12-4-6-13(7-5-12)18(3,27)19(22,23)24/h4-11,27H,1-3H3. The normalized spacial score (nSPS) is 14.1. The number of alkyl halides is 3. The van der Waals surface area contributed by atoms with E-state index in [0.717, 1.165) is 12.1 Å². The Morgan fingerprint density at radius 2 is 1.63 bits per heavy atom. The van der Waals surface area contributed by atoms with Crippen LogP contribution in [0, 0.1) is 0 Å². The number of amides is 1. The zero-order valence-corrected chi connectivity index (χ0v) is 16.3. The third kappa shape index (κ3) is 4.39. The van der Waals surface area contributed by atoms with Gasteiger partial charge in [-0.25, -0.2) is 0 Å². The molecule has 0 aromatic heterocycles. The van der Waals surface area contributed by atoms with E-state index in [2.05, 4.69) is 0 Å². The van der Waals surface area contributed by atoms with E-state index in [-0.39, 0.29) is 22.2 Å². The maximum absolute atomic E-state index is 13.0. The Hall–Kier alpha value is -1.76. The third-order valence-corrected chi connectivity index (χ3v) is 4.69. The Morgan fingerprint density at radius 1 is 1.07 bits per heavy atom. The van der Waals surface area contributed by atoms with E-state index in [4.69, 9.17) is 23.2 Å². The number of rotatable bonds is 4. The lowest BCUT2D eigenvalue weighted by molar-refractivity contribution is -0.258. The molecule has 0 aliphatic rings. The third-order valence-electron chi connectivity index (χ3n) is 4.15. The number of benzene rings is 2. The molecule has 2 rings (SSSR count). The van der Waals surface area contributed by atoms with Gasteiger partial charge in [0.15, 0.2) is 5.60 Å². The van der Waals surface area contributed by atoms with Crippen molar-refractivity contribution in [2.24, 2.45) is 0 Å². The molecule has 2 aromatic rings. The molecule has 0 spiro atoms. The predicted octanol–water partition coefficient (Wildman–Crippen LogP) is 5.82. The van der Waals surface area contributed by atoms with Crippen LogP contribution < -0.4 is 4.90 Å². The van der Waals surface area contributed by atoms with E-state index < -0.39 is 17.7 Å². The molecule has 1 atom stereocenters. The SMILES string of the molecule is CC(C)N(C(=O)c1ccc(C(C)(O)C(F)(F)F)cc1)c1ccc(Cl)cc1Cl. The summed E-state index contributed by atoms with van der Waals surface area (Å²) in [6.07, 6.45) is -4.83. The minimum Gasteiger partial charge on any atom is -0.376 e. The van der Waals surface area contributed by atoms with Crippen molar-refractivity contribution in [1.29, 1.82) is 0 Å².